The summed E-state index contributed by atoms with van der Waals surface area (Å²) in [6.07, 6.45) is 0. The third-order valence-electron chi connectivity index (χ3n) is 2.38. The summed E-state index contributed by atoms with van der Waals surface area (Å²) in [4.78, 5) is 13.6. The highest BCUT2D eigenvalue weighted by atomic mass is 79.9. The second-order valence-electron chi connectivity index (χ2n) is 4.06. The van der Waals surface area contributed by atoms with Gasteiger partial charge in [0.05, 0.1) is 16.9 Å². The van der Waals surface area contributed by atoms with Gasteiger partial charge in [-0.25, -0.2) is 0 Å². The minimum absolute atomic E-state index is 0.157. The zero-order valence-corrected chi connectivity index (χ0v) is 12.8. The van der Waals surface area contributed by atoms with Crippen molar-refractivity contribution < 1.29 is 9.53 Å². The fourth-order valence-electron chi connectivity index (χ4n) is 1.46. The molecule has 3 nitrogen and oxygen atoms in total. The Morgan fingerprint density at radius 1 is 1.59 bits per heavy atom. The van der Waals surface area contributed by atoms with Crippen LogP contribution in [0.1, 0.15) is 26.3 Å². The van der Waals surface area contributed by atoms with Gasteiger partial charge in [-0.2, -0.15) is 0 Å². The SMILES string of the molecule is CCOC(=O)CN(Cc1csc(Br)c1)C(C)C. The molecule has 0 aliphatic rings. The number of hydrogen-bond donors (Lipinski definition) is 0. The summed E-state index contributed by atoms with van der Waals surface area (Å²) in [6.45, 7) is 7.56. The van der Waals surface area contributed by atoms with Crippen molar-refractivity contribution in [3.05, 3.63) is 20.8 Å². The second kappa shape index (κ2) is 7.13. The second-order valence-corrected chi connectivity index (χ2v) is 6.35. The smallest absolute Gasteiger partial charge is 0.320 e. The molecule has 0 atom stereocenters. The standard InChI is InChI=1S/C12H18BrNO2S/c1-4-16-12(15)7-14(9(2)3)6-10-5-11(13)17-8-10/h5,8-9H,4,6-7H2,1-3H3. The van der Waals surface area contributed by atoms with Gasteiger partial charge in [0, 0.05) is 12.6 Å². The summed E-state index contributed by atoms with van der Waals surface area (Å²) in [5.74, 6) is -0.157. The van der Waals surface area contributed by atoms with E-state index in [-0.39, 0.29) is 5.97 Å². The third-order valence-corrected chi connectivity index (χ3v) is 3.93. The summed E-state index contributed by atoms with van der Waals surface area (Å²) in [5.41, 5.74) is 1.22. The van der Waals surface area contributed by atoms with Crippen LogP contribution in [0.5, 0.6) is 0 Å². The highest BCUT2D eigenvalue weighted by molar-refractivity contribution is 9.11. The highest BCUT2D eigenvalue weighted by Gasteiger charge is 2.15. The Labute approximate surface area is 115 Å². The summed E-state index contributed by atoms with van der Waals surface area (Å²) < 4.78 is 6.10. The number of halogens is 1. The molecular weight excluding hydrogens is 302 g/mol. The first-order valence-electron chi connectivity index (χ1n) is 5.65. The molecule has 5 heteroatoms. The molecule has 1 heterocycles. The molecule has 17 heavy (non-hydrogen) atoms. The summed E-state index contributed by atoms with van der Waals surface area (Å²) in [5, 5.41) is 2.10. The number of thiophene rings is 1. The maximum Gasteiger partial charge on any atom is 0.320 e. The highest BCUT2D eigenvalue weighted by Crippen LogP contribution is 2.22. The van der Waals surface area contributed by atoms with Crippen LogP contribution >= 0.6 is 27.3 Å². The summed E-state index contributed by atoms with van der Waals surface area (Å²) in [7, 11) is 0. The number of rotatable bonds is 6. The lowest BCUT2D eigenvalue weighted by molar-refractivity contribution is -0.145. The van der Waals surface area contributed by atoms with Crippen LogP contribution in [0.15, 0.2) is 15.2 Å². The van der Waals surface area contributed by atoms with Gasteiger partial charge in [0.2, 0.25) is 0 Å². The Morgan fingerprint density at radius 2 is 2.29 bits per heavy atom. The Bertz CT molecular complexity index is 365. The minimum Gasteiger partial charge on any atom is -0.465 e. The van der Waals surface area contributed by atoms with Crippen molar-refractivity contribution in [2.24, 2.45) is 0 Å². The molecule has 0 saturated heterocycles. The zero-order chi connectivity index (χ0) is 12.8. The first kappa shape index (κ1) is 14.7. The van der Waals surface area contributed by atoms with E-state index in [1.54, 1.807) is 11.3 Å². The van der Waals surface area contributed by atoms with Crippen molar-refractivity contribution in [1.82, 2.24) is 4.90 Å². The molecule has 0 fully saturated rings. The fourth-order valence-corrected chi connectivity index (χ4v) is 2.66. The lowest BCUT2D eigenvalue weighted by Gasteiger charge is -2.24. The Morgan fingerprint density at radius 3 is 2.76 bits per heavy atom. The van der Waals surface area contributed by atoms with Gasteiger partial charge in [-0.1, -0.05) is 0 Å². The molecule has 0 aliphatic heterocycles. The van der Waals surface area contributed by atoms with Crippen LogP contribution in [-0.2, 0) is 16.1 Å². The van der Waals surface area contributed by atoms with E-state index in [0.717, 1.165) is 10.3 Å². The van der Waals surface area contributed by atoms with Gasteiger partial charge in [-0.15, -0.1) is 11.3 Å². The van der Waals surface area contributed by atoms with Crippen molar-refractivity contribution >= 4 is 33.2 Å². The third kappa shape index (κ3) is 5.19. The Balaban J connectivity index is 2.57. The van der Waals surface area contributed by atoms with Gasteiger partial charge in [0.1, 0.15) is 0 Å². The first-order valence-corrected chi connectivity index (χ1v) is 7.32. The van der Waals surface area contributed by atoms with E-state index < -0.39 is 0 Å². The van der Waals surface area contributed by atoms with Gasteiger partial charge >= 0.3 is 5.97 Å². The van der Waals surface area contributed by atoms with Gasteiger partial charge in [-0.3, -0.25) is 9.69 Å². The number of carbonyl (C=O) groups is 1. The maximum absolute atomic E-state index is 11.5. The molecule has 0 radical (unpaired) electrons. The number of hydrogen-bond acceptors (Lipinski definition) is 4. The topological polar surface area (TPSA) is 29.5 Å². The van der Waals surface area contributed by atoms with E-state index in [4.69, 9.17) is 4.74 Å². The molecule has 1 rings (SSSR count). The van der Waals surface area contributed by atoms with Crippen LogP contribution in [0.25, 0.3) is 0 Å². The molecule has 96 valence electrons. The lowest BCUT2D eigenvalue weighted by Crippen LogP contribution is -2.35. The summed E-state index contributed by atoms with van der Waals surface area (Å²) in [6, 6.07) is 2.41. The van der Waals surface area contributed by atoms with Crippen LogP contribution in [0.4, 0.5) is 0 Å². The molecule has 0 N–H and O–H groups in total. The minimum atomic E-state index is -0.157. The molecule has 0 amide bonds. The first-order chi connectivity index (χ1) is 8.02. The van der Waals surface area contributed by atoms with Crippen LogP contribution in [0, 0.1) is 0 Å². The largest absolute Gasteiger partial charge is 0.465 e. The van der Waals surface area contributed by atoms with E-state index in [9.17, 15) is 4.79 Å². The number of carbonyl (C=O) groups excluding carboxylic acids is 1. The van der Waals surface area contributed by atoms with Crippen molar-refractivity contribution in [3.63, 3.8) is 0 Å². The Hall–Kier alpha value is -0.390. The van der Waals surface area contributed by atoms with Crippen LogP contribution in [-0.4, -0.2) is 30.1 Å². The van der Waals surface area contributed by atoms with Crippen molar-refractivity contribution in [1.29, 1.82) is 0 Å². The molecular formula is C12H18BrNO2S. The lowest BCUT2D eigenvalue weighted by atomic mass is 10.2. The summed E-state index contributed by atoms with van der Waals surface area (Å²) >= 11 is 5.10. The molecule has 0 saturated carbocycles. The average Bonchev–Trinajstić information content (AvgIpc) is 2.63. The van der Waals surface area contributed by atoms with Crippen LogP contribution < -0.4 is 0 Å². The molecule has 1 aromatic heterocycles. The predicted octanol–water partition coefficient (Wildman–Crippen LogP) is 3.28. The monoisotopic (exact) mass is 319 g/mol. The van der Waals surface area contributed by atoms with E-state index in [1.165, 1.54) is 5.56 Å². The van der Waals surface area contributed by atoms with E-state index in [0.29, 0.717) is 19.2 Å². The predicted molar refractivity (Wildman–Crippen MR) is 74.2 cm³/mol. The number of esters is 1. The van der Waals surface area contributed by atoms with Gasteiger partial charge in [0.15, 0.2) is 0 Å². The molecule has 0 spiro atoms. The van der Waals surface area contributed by atoms with Crippen molar-refractivity contribution in [2.75, 3.05) is 13.2 Å². The maximum atomic E-state index is 11.5. The number of ether oxygens (including phenoxy) is 1. The molecule has 1 aromatic rings. The number of nitrogens with zero attached hydrogens (tertiary/aromatic N) is 1. The van der Waals surface area contributed by atoms with E-state index >= 15 is 0 Å². The van der Waals surface area contributed by atoms with Gasteiger partial charge in [0.25, 0.3) is 0 Å². The molecule has 0 unspecified atom stereocenters. The van der Waals surface area contributed by atoms with Gasteiger partial charge in [-0.05, 0) is 53.7 Å². The zero-order valence-electron chi connectivity index (χ0n) is 10.4. The molecule has 0 aliphatic carbocycles. The van der Waals surface area contributed by atoms with E-state index in [2.05, 4.69) is 46.1 Å². The molecule has 0 aromatic carbocycles. The quantitative estimate of drug-likeness (QED) is 0.753. The van der Waals surface area contributed by atoms with Crippen molar-refractivity contribution in [3.8, 4) is 0 Å². The average molecular weight is 320 g/mol. The Kier molecular flexibility index (Phi) is 6.16. The van der Waals surface area contributed by atoms with Crippen molar-refractivity contribution in [2.45, 2.75) is 33.4 Å². The van der Waals surface area contributed by atoms with E-state index in [1.807, 2.05) is 6.92 Å². The normalized spacial score (nSPS) is 11.2. The van der Waals surface area contributed by atoms with Crippen LogP contribution in [0.3, 0.4) is 0 Å². The van der Waals surface area contributed by atoms with Crippen LogP contribution in [0.2, 0.25) is 0 Å². The van der Waals surface area contributed by atoms with Gasteiger partial charge < -0.3 is 4.74 Å². The fraction of sp³-hybridized carbons (Fsp3) is 0.583. The molecule has 0 bridgehead atoms.